The number of nitrogens with zero attached hydrogens (tertiary/aromatic N) is 3. The maximum absolute atomic E-state index is 12.4. The Balaban J connectivity index is 1.87. The lowest BCUT2D eigenvalue weighted by molar-refractivity contribution is 0.101. The lowest BCUT2D eigenvalue weighted by Crippen LogP contribution is -2.18. The summed E-state index contributed by atoms with van der Waals surface area (Å²) in [5, 5.41) is 7.17. The predicted octanol–water partition coefficient (Wildman–Crippen LogP) is 2.59. The second-order valence-electron chi connectivity index (χ2n) is 4.75. The van der Waals surface area contributed by atoms with Crippen molar-refractivity contribution in [1.29, 1.82) is 0 Å². The number of aryl methyl sites for hydroxylation is 2. The van der Waals surface area contributed by atoms with E-state index in [9.17, 15) is 4.79 Å². The summed E-state index contributed by atoms with van der Waals surface area (Å²) < 4.78 is 1.71. The van der Waals surface area contributed by atoms with Crippen LogP contribution in [0.25, 0.3) is 11.0 Å². The summed E-state index contributed by atoms with van der Waals surface area (Å²) in [5.74, 6) is 0.242. The van der Waals surface area contributed by atoms with Crippen molar-refractivity contribution < 1.29 is 4.79 Å². The minimum absolute atomic E-state index is 0.205. The molecule has 3 rings (SSSR count). The zero-order valence-corrected chi connectivity index (χ0v) is 12.1. The molecule has 0 aliphatic rings. The third-order valence-corrected chi connectivity index (χ3v) is 3.35. The molecule has 21 heavy (non-hydrogen) atoms. The fourth-order valence-corrected chi connectivity index (χ4v) is 2.25. The molecule has 0 spiro atoms. The Morgan fingerprint density at radius 1 is 1.33 bits per heavy atom. The molecule has 2 N–H and O–H groups in total. The number of para-hydroxylation sites is 2. The summed E-state index contributed by atoms with van der Waals surface area (Å²) in [7, 11) is 0. The number of nitrogens with one attached hydrogen (secondary N) is 2. The molecule has 0 bridgehead atoms. The van der Waals surface area contributed by atoms with Crippen LogP contribution in [0.4, 0.5) is 5.95 Å². The SMILES string of the molecule is CCc1cc(C(=O)Nc2nc3ccccc3[nH]2)n(CC)n1. The molecule has 2 aromatic heterocycles. The average Bonchev–Trinajstić information content (AvgIpc) is 3.09. The number of benzene rings is 1. The zero-order chi connectivity index (χ0) is 14.8. The summed E-state index contributed by atoms with van der Waals surface area (Å²) in [6.45, 7) is 4.64. The number of hydrogen-bond donors (Lipinski definition) is 2. The summed E-state index contributed by atoms with van der Waals surface area (Å²) >= 11 is 0. The van der Waals surface area contributed by atoms with Crippen LogP contribution in [0.3, 0.4) is 0 Å². The second kappa shape index (κ2) is 5.40. The Kier molecular flexibility index (Phi) is 3.43. The van der Waals surface area contributed by atoms with Crippen LogP contribution in [0.2, 0.25) is 0 Å². The smallest absolute Gasteiger partial charge is 0.276 e. The molecule has 108 valence electrons. The minimum atomic E-state index is -0.205. The number of amides is 1. The van der Waals surface area contributed by atoms with Crippen molar-refractivity contribution in [3.63, 3.8) is 0 Å². The van der Waals surface area contributed by atoms with Gasteiger partial charge in [0.05, 0.1) is 16.7 Å². The first-order valence-electron chi connectivity index (χ1n) is 7.04. The third-order valence-electron chi connectivity index (χ3n) is 3.35. The largest absolute Gasteiger partial charge is 0.324 e. The molecule has 2 heterocycles. The van der Waals surface area contributed by atoms with Crippen LogP contribution in [-0.4, -0.2) is 25.7 Å². The maximum atomic E-state index is 12.4. The Labute approximate surface area is 122 Å². The van der Waals surface area contributed by atoms with Gasteiger partial charge in [0.25, 0.3) is 5.91 Å². The monoisotopic (exact) mass is 283 g/mol. The molecule has 0 aliphatic heterocycles. The van der Waals surface area contributed by atoms with E-state index in [1.54, 1.807) is 4.68 Å². The number of carbonyl (C=O) groups excluding carboxylic acids is 1. The number of fused-ring (bicyclic) bond motifs is 1. The van der Waals surface area contributed by atoms with Gasteiger partial charge in [-0.1, -0.05) is 19.1 Å². The van der Waals surface area contributed by atoms with Crippen LogP contribution in [0.5, 0.6) is 0 Å². The van der Waals surface area contributed by atoms with Gasteiger partial charge in [-0.2, -0.15) is 5.10 Å². The molecule has 0 unspecified atom stereocenters. The van der Waals surface area contributed by atoms with Crippen molar-refractivity contribution in [2.45, 2.75) is 26.8 Å². The highest BCUT2D eigenvalue weighted by Crippen LogP contribution is 2.14. The van der Waals surface area contributed by atoms with Crippen molar-refractivity contribution in [3.05, 3.63) is 41.7 Å². The topological polar surface area (TPSA) is 75.6 Å². The lowest BCUT2D eigenvalue weighted by atomic mass is 10.3. The quantitative estimate of drug-likeness (QED) is 0.772. The molecular weight excluding hydrogens is 266 g/mol. The molecule has 0 fully saturated rings. The van der Waals surface area contributed by atoms with Gasteiger partial charge in [0.15, 0.2) is 0 Å². The molecule has 6 heteroatoms. The number of aromatic nitrogens is 4. The van der Waals surface area contributed by atoms with Crippen molar-refractivity contribution in [1.82, 2.24) is 19.7 Å². The maximum Gasteiger partial charge on any atom is 0.276 e. The number of imidazole rings is 1. The molecule has 0 saturated carbocycles. The van der Waals surface area contributed by atoms with Crippen LogP contribution < -0.4 is 5.32 Å². The number of H-pyrrole nitrogens is 1. The summed E-state index contributed by atoms with van der Waals surface area (Å²) in [6, 6.07) is 9.47. The van der Waals surface area contributed by atoms with E-state index in [-0.39, 0.29) is 5.91 Å². The van der Waals surface area contributed by atoms with Gasteiger partial charge in [0.2, 0.25) is 5.95 Å². The van der Waals surface area contributed by atoms with Crippen LogP contribution in [0, 0.1) is 0 Å². The normalized spacial score (nSPS) is 11.0. The summed E-state index contributed by atoms with van der Waals surface area (Å²) in [4.78, 5) is 19.8. The minimum Gasteiger partial charge on any atom is -0.324 e. The van der Waals surface area contributed by atoms with Gasteiger partial charge in [0.1, 0.15) is 5.69 Å². The molecule has 0 atom stereocenters. The van der Waals surface area contributed by atoms with Crippen LogP contribution in [0.15, 0.2) is 30.3 Å². The van der Waals surface area contributed by atoms with E-state index < -0.39 is 0 Å². The predicted molar refractivity (Wildman–Crippen MR) is 81.3 cm³/mol. The molecule has 6 nitrogen and oxygen atoms in total. The standard InChI is InChI=1S/C15H17N5O/c1-3-10-9-13(20(4-2)19-10)14(21)18-15-16-11-7-5-6-8-12(11)17-15/h5-9H,3-4H2,1-2H3,(H2,16,17,18,21). The molecule has 0 aliphatic carbocycles. The number of hydrogen-bond acceptors (Lipinski definition) is 3. The highest BCUT2D eigenvalue weighted by molar-refractivity contribution is 6.02. The average molecular weight is 283 g/mol. The fraction of sp³-hybridized carbons (Fsp3) is 0.267. The molecular formula is C15H17N5O. The van der Waals surface area contributed by atoms with E-state index in [0.717, 1.165) is 23.1 Å². The van der Waals surface area contributed by atoms with Gasteiger partial charge in [-0.25, -0.2) is 4.98 Å². The first kappa shape index (κ1) is 13.4. The van der Waals surface area contributed by atoms with Gasteiger partial charge in [-0.05, 0) is 31.5 Å². The van der Waals surface area contributed by atoms with E-state index in [1.165, 1.54) is 0 Å². The van der Waals surface area contributed by atoms with E-state index in [0.29, 0.717) is 18.2 Å². The van der Waals surface area contributed by atoms with Crippen molar-refractivity contribution in [3.8, 4) is 0 Å². The Morgan fingerprint density at radius 2 is 2.14 bits per heavy atom. The number of anilines is 1. The van der Waals surface area contributed by atoms with Gasteiger partial charge in [-0.15, -0.1) is 0 Å². The van der Waals surface area contributed by atoms with Gasteiger partial charge < -0.3 is 4.98 Å². The number of carbonyl (C=O) groups is 1. The van der Waals surface area contributed by atoms with Crippen molar-refractivity contribution in [2.24, 2.45) is 0 Å². The Morgan fingerprint density at radius 3 is 2.86 bits per heavy atom. The second-order valence-corrected chi connectivity index (χ2v) is 4.75. The van der Waals surface area contributed by atoms with Crippen molar-refractivity contribution >= 4 is 22.9 Å². The zero-order valence-electron chi connectivity index (χ0n) is 12.1. The summed E-state index contributed by atoms with van der Waals surface area (Å²) in [6.07, 6.45) is 0.803. The molecule has 1 aromatic carbocycles. The van der Waals surface area contributed by atoms with E-state index >= 15 is 0 Å². The van der Waals surface area contributed by atoms with Gasteiger partial charge >= 0.3 is 0 Å². The number of aromatic amines is 1. The molecule has 0 saturated heterocycles. The Hall–Kier alpha value is -2.63. The van der Waals surface area contributed by atoms with Crippen molar-refractivity contribution in [2.75, 3.05) is 5.32 Å². The lowest BCUT2D eigenvalue weighted by Gasteiger charge is -2.03. The highest BCUT2D eigenvalue weighted by Gasteiger charge is 2.15. The van der Waals surface area contributed by atoms with E-state index in [4.69, 9.17) is 0 Å². The van der Waals surface area contributed by atoms with Crippen LogP contribution in [-0.2, 0) is 13.0 Å². The molecule has 3 aromatic rings. The van der Waals surface area contributed by atoms with Crippen LogP contribution >= 0.6 is 0 Å². The van der Waals surface area contributed by atoms with E-state index in [1.807, 2.05) is 44.2 Å². The van der Waals surface area contributed by atoms with Crippen LogP contribution in [0.1, 0.15) is 30.0 Å². The summed E-state index contributed by atoms with van der Waals surface area (Å²) in [5.41, 5.74) is 3.18. The first-order chi connectivity index (χ1) is 10.2. The third kappa shape index (κ3) is 2.52. The number of rotatable bonds is 4. The highest BCUT2D eigenvalue weighted by atomic mass is 16.2. The fourth-order valence-electron chi connectivity index (χ4n) is 2.25. The first-order valence-corrected chi connectivity index (χ1v) is 7.04. The van der Waals surface area contributed by atoms with Gasteiger partial charge in [0, 0.05) is 6.54 Å². The molecule has 0 radical (unpaired) electrons. The van der Waals surface area contributed by atoms with E-state index in [2.05, 4.69) is 20.4 Å². The molecule has 1 amide bonds. The Bertz CT molecular complexity index is 753. The van der Waals surface area contributed by atoms with Gasteiger partial charge in [-0.3, -0.25) is 14.8 Å².